The van der Waals surface area contributed by atoms with Gasteiger partial charge in [0.05, 0.1) is 6.20 Å². The van der Waals surface area contributed by atoms with Crippen molar-refractivity contribution in [1.29, 1.82) is 5.26 Å². The van der Waals surface area contributed by atoms with Crippen LogP contribution in [0.4, 0.5) is 5.13 Å². The van der Waals surface area contributed by atoms with E-state index in [9.17, 15) is 0 Å². The Morgan fingerprint density at radius 1 is 1.35 bits per heavy atom. The molecule has 0 aliphatic carbocycles. The quantitative estimate of drug-likeness (QED) is 0.828. The first kappa shape index (κ1) is 11.6. The summed E-state index contributed by atoms with van der Waals surface area (Å²) in [5, 5.41) is 9.71. The Hall–Kier alpha value is -1.86. The summed E-state index contributed by atoms with van der Waals surface area (Å²) in [5.74, 6) is 0. The zero-order valence-electron chi connectivity index (χ0n) is 9.63. The van der Waals surface area contributed by atoms with Gasteiger partial charge in [0.25, 0.3) is 0 Å². The van der Waals surface area contributed by atoms with Crippen LogP contribution in [0.15, 0.2) is 36.5 Å². The van der Waals surface area contributed by atoms with Crippen LogP contribution in [-0.2, 0) is 6.54 Å². The molecule has 0 aliphatic rings. The number of rotatable bonds is 4. The standard InChI is InChI=1S/C13H13N3S/c1-2-16(10-11-6-4-3-5-7-11)13-15-9-12(8-14)17-13/h3-7,9H,2,10H2,1H3. The van der Waals surface area contributed by atoms with Crippen molar-refractivity contribution >= 4 is 16.5 Å². The van der Waals surface area contributed by atoms with Gasteiger partial charge >= 0.3 is 0 Å². The van der Waals surface area contributed by atoms with Gasteiger partial charge in [-0.1, -0.05) is 41.7 Å². The normalized spacial score (nSPS) is 9.88. The molecule has 0 unspecified atom stereocenters. The van der Waals surface area contributed by atoms with Crippen LogP contribution in [0, 0.1) is 11.3 Å². The Morgan fingerprint density at radius 3 is 2.71 bits per heavy atom. The number of anilines is 1. The van der Waals surface area contributed by atoms with Crippen molar-refractivity contribution in [2.45, 2.75) is 13.5 Å². The molecule has 17 heavy (non-hydrogen) atoms. The molecule has 2 rings (SSSR count). The molecule has 0 radical (unpaired) electrons. The lowest BCUT2D eigenvalue weighted by atomic mass is 10.2. The molecule has 0 saturated heterocycles. The molecule has 3 nitrogen and oxygen atoms in total. The Balaban J connectivity index is 2.15. The number of thiazole rings is 1. The molecule has 0 saturated carbocycles. The summed E-state index contributed by atoms with van der Waals surface area (Å²) in [7, 11) is 0. The summed E-state index contributed by atoms with van der Waals surface area (Å²) < 4.78 is 0. The molecule has 0 atom stereocenters. The van der Waals surface area contributed by atoms with Crippen molar-refractivity contribution < 1.29 is 0 Å². The second kappa shape index (κ2) is 5.46. The zero-order valence-corrected chi connectivity index (χ0v) is 10.4. The summed E-state index contributed by atoms with van der Waals surface area (Å²) in [4.78, 5) is 7.10. The van der Waals surface area contributed by atoms with Crippen LogP contribution in [0.3, 0.4) is 0 Å². The van der Waals surface area contributed by atoms with Crippen molar-refractivity contribution in [3.05, 3.63) is 47.0 Å². The smallest absolute Gasteiger partial charge is 0.186 e. The van der Waals surface area contributed by atoms with Crippen LogP contribution in [0.5, 0.6) is 0 Å². The molecule has 0 amide bonds. The van der Waals surface area contributed by atoms with E-state index in [0.29, 0.717) is 4.88 Å². The molecule has 2 aromatic rings. The highest BCUT2D eigenvalue weighted by molar-refractivity contribution is 7.16. The molecule has 0 N–H and O–H groups in total. The molecule has 0 spiro atoms. The third kappa shape index (κ3) is 2.83. The van der Waals surface area contributed by atoms with Gasteiger partial charge in [-0.15, -0.1) is 0 Å². The summed E-state index contributed by atoms with van der Waals surface area (Å²) in [5.41, 5.74) is 1.25. The largest absolute Gasteiger partial charge is 0.344 e. The fraction of sp³-hybridized carbons (Fsp3) is 0.231. The van der Waals surface area contributed by atoms with Crippen molar-refractivity contribution in [2.24, 2.45) is 0 Å². The minimum atomic E-state index is 0.659. The molecular weight excluding hydrogens is 230 g/mol. The third-order valence-electron chi connectivity index (χ3n) is 2.47. The molecule has 4 heteroatoms. The van der Waals surface area contributed by atoms with E-state index in [1.165, 1.54) is 16.9 Å². The maximum atomic E-state index is 8.80. The molecule has 0 fully saturated rings. The number of nitriles is 1. The Morgan fingerprint density at radius 2 is 2.12 bits per heavy atom. The average molecular weight is 243 g/mol. The topological polar surface area (TPSA) is 39.9 Å². The average Bonchev–Trinajstić information content (AvgIpc) is 2.86. The van der Waals surface area contributed by atoms with E-state index in [0.717, 1.165) is 18.2 Å². The summed E-state index contributed by atoms with van der Waals surface area (Å²) in [6, 6.07) is 12.4. The van der Waals surface area contributed by atoms with Crippen LogP contribution in [0.25, 0.3) is 0 Å². The van der Waals surface area contributed by atoms with E-state index < -0.39 is 0 Å². The van der Waals surface area contributed by atoms with Crippen LogP contribution < -0.4 is 4.90 Å². The van der Waals surface area contributed by atoms with E-state index in [2.05, 4.69) is 35.0 Å². The van der Waals surface area contributed by atoms with Crippen molar-refractivity contribution in [3.63, 3.8) is 0 Å². The first-order valence-electron chi connectivity index (χ1n) is 5.48. The highest BCUT2D eigenvalue weighted by Gasteiger charge is 2.09. The van der Waals surface area contributed by atoms with Crippen molar-refractivity contribution in [3.8, 4) is 6.07 Å². The SMILES string of the molecule is CCN(Cc1ccccc1)c1ncc(C#N)s1. The third-order valence-corrected chi connectivity index (χ3v) is 3.43. The van der Waals surface area contributed by atoms with Crippen LogP contribution in [-0.4, -0.2) is 11.5 Å². The van der Waals surface area contributed by atoms with Crippen molar-refractivity contribution in [1.82, 2.24) is 4.98 Å². The van der Waals surface area contributed by atoms with Crippen LogP contribution in [0.2, 0.25) is 0 Å². The highest BCUT2D eigenvalue weighted by Crippen LogP contribution is 2.23. The second-order valence-electron chi connectivity index (χ2n) is 3.62. The van der Waals surface area contributed by atoms with Gasteiger partial charge in [-0.25, -0.2) is 4.98 Å². The van der Waals surface area contributed by atoms with Gasteiger partial charge in [-0.2, -0.15) is 5.26 Å². The van der Waals surface area contributed by atoms with Gasteiger partial charge in [0.2, 0.25) is 0 Å². The molecular formula is C13H13N3S. The van der Waals surface area contributed by atoms with Gasteiger partial charge in [-0.05, 0) is 12.5 Å². The summed E-state index contributed by atoms with van der Waals surface area (Å²) in [6.45, 7) is 3.80. The van der Waals surface area contributed by atoms with E-state index in [1.54, 1.807) is 6.20 Å². The second-order valence-corrected chi connectivity index (χ2v) is 4.63. The first-order chi connectivity index (χ1) is 8.33. The summed E-state index contributed by atoms with van der Waals surface area (Å²) >= 11 is 1.44. The van der Waals surface area contributed by atoms with Gasteiger partial charge < -0.3 is 4.90 Å². The predicted molar refractivity (Wildman–Crippen MR) is 70.0 cm³/mol. The molecule has 1 aromatic carbocycles. The fourth-order valence-electron chi connectivity index (χ4n) is 1.58. The maximum absolute atomic E-state index is 8.80. The Bertz CT molecular complexity index is 513. The number of aromatic nitrogens is 1. The van der Waals surface area contributed by atoms with Gasteiger partial charge in [0, 0.05) is 13.1 Å². The van der Waals surface area contributed by atoms with Crippen molar-refractivity contribution in [2.75, 3.05) is 11.4 Å². The number of hydrogen-bond donors (Lipinski definition) is 0. The monoisotopic (exact) mass is 243 g/mol. The number of hydrogen-bond acceptors (Lipinski definition) is 4. The van der Waals surface area contributed by atoms with E-state index in [1.807, 2.05) is 18.2 Å². The lowest BCUT2D eigenvalue weighted by Crippen LogP contribution is -2.21. The Kier molecular flexibility index (Phi) is 3.73. The lowest BCUT2D eigenvalue weighted by Gasteiger charge is -2.19. The number of nitrogens with zero attached hydrogens (tertiary/aromatic N) is 3. The lowest BCUT2D eigenvalue weighted by molar-refractivity contribution is 0.826. The molecule has 0 aliphatic heterocycles. The van der Waals surface area contributed by atoms with Gasteiger partial charge in [0.15, 0.2) is 5.13 Å². The Labute approximate surface area is 105 Å². The van der Waals surface area contributed by atoms with Crippen LogP contribution in [0.1, 0.15) is 17.4 Å². The molecule has 0 bridgehead atoms. The predicted octanol–water partition coefficient (Wildman–Crippen LogP) is 3.04. The van der Waals surface area contributed by atoms with Crippen LogP contribution >= 0.6 is 11.3 Å². The van der Waals surface area contributed by atoms with E-state index in [4.69, 9.17) is 5.26 Å². The summed E-state index contributed by atoms with van der Waals surface area (Å²) in [6.07, 6.45) is 1.63. The number of benzene rings is 1. The van der Waals surface area contributed by atoms with Gasteiger partial charge in [0.1, 0.15) is 10.9 Å². The molecule has 1 aromatic heterocycles. The first-order valence-corrected chi connectivity index (χ1v) is 6.30. The fourth-order valence-corrected chi connectivity index (χ4v) is 2.36. The van der Waals surface area contributed by atoms with Gasteiger partial charge in [-0.3, -0.25) is 0 Å². The van der Waals surface area contributed by atoms with E-state index >= 15 is 0 Å². The van der Waals surface area contributed by atoms with E-state index in [-0.39, 0.29) is 0 Å². The minimum Gasteiger partial charge on any atom is -0.344 e. The minimum absolute atomic E-state index is 0.659. The maximum Gasteiger partial charge on any atom is 0.186 e. The molecule has 86 valence electrons. The molecule has 1 heterocycles. The highest BCUT2D eigenvalue weighted by atomic mass is 32.1. The zero-order chi connectivity index (χ0) is 12.1.